The van der Waals surface area contributed by atoms with Crippen molar-refractivity contribution >= 4 is 38.9 Å². The van der Waals surface area contributed by atoms with Gasteiger partial charge in [0, 0.05) is 25.3 Å². The highest BCUT2D eigenvalue weighted by molar-refractivity contribution is 7.92. The largest absolute Gasteiger partial charge is 0.298 e. The third kappa shape index (κ3) is 4.42. The lowest BCUT2D eigenvalue weighted by molar-refractivity contribution is 0.244. The van der Waals surface area contributed by atoms with Crippen LogP contribution < -0.4 is 4.72 Å². The molecule has 1 aliphatic carbocycles. The number of anilines is 1. The van der Waals surface area contributed by atoms with Crippen molar-refractivity contribution in [1.29, 1.82) is 0 Å². The van der Waals surface area contributed by atoms with Crippen LogP contribution in [0, 0.1) is 5.92 Å². The Hall–Kier alpha value is -2.08. The van der Waals surface area contributed by atoms with Crippen LogP contribution in [-0.2, 0) is 23.0 Å². The predicted octanol–water partition coefficient (Wildman–Crippen LogP) is 4.83. The summed E-state index contributed by atoms with van der Waals surface area (Å²) in [5, 5.41) is 1.96. The van der Waals surface area contributed by atoms with E-state index < -0.39 is 10.0 Å². The van der Waals surface area contributed by atoms with Crippen LogP contribution in [0.2, 0.25) is 0 Å². The van der Waals surface area contributed by atoms with E-state index in [-0.39, 0.29) is 12.4 Å². The highest BCUT2D eigenvalue weighted by Gasteiger charge is 2.26. The molecular weight excluding hydrogens is 404 g/mol. The van der Waals surface area contributed by atoms with Gasteiger partial charge in [0.05, 0.1) is 4.90 Å². The summed E-state index contributed by atoms with van der Waals surface area (Å²) in [5.41, 5.74) is 3.22. The number of hydrogen-bond donors (Lipinski definition) is 1. The molecule has 4 nitrogen and oxygen atoms in total. The van der Waals surface area contributed by atoms with Gasteiger partial charge in [-0.25, -0.2) is 8.42 Å². The Balaban J connectivity index is 0.00000205. The summed E-state index contributed by atoms with van der Waals surface area (Å²) in [4.78, 5) is 2.82. The summed E-state index contributed by atoms with van der Waals surface area (Å²) in [6.45, 7) is 3.24. The Labute approximate surface area is 178 Å². The van der Waals surface area contributed by atoms with Crippen LogP contribution in [0.4, 0.5) is 5.69 Å². The number of benzene rings is 3. The molecule has 0 unspecified atom stereocenters. The normalized spacial score (nSPS) is 16.8. The molecular formula is C23H25ClN2O2S. The highest BCUT2D eigenvalue weighted by Crippen LogP contribution is 2.32. The van der Waals surface area contributed by atoms with Crippen molar-refractivity contribution in [2.24, 2.45) is 5.92 Å². The zero-order valence-corrected chi connectivity index (χ0v) is 17.8. The molecule has 3 aromatic carbocycles. The zero-order chi connectivity index (χ0) is 19.1. The first-order chi connectivity index (χ1) is 13.6. The van der Waals surface area contributed by atoms with Crippen LogP contribution >= 0.6 is 12.4 Å². The predicted molar refractivity (Wildman–Crippen MR) is 120 cm³/mol. The molecule has 0 amide bonds. The lowest BCUT2D eigenvalue weighted by Gasteiger charge is -2.29. The van der Waals surface area contributed by atoms with Gasteiger partial charge in [0.2, 0.25) is 0 Å². The van der Waals surface area contributed by atoms with Crippen molar-refractivity contribution in [3.05, 3.63) is 71.8 Å². The number of nitrogens with zero attached hydrogens (tertiary/aromatic N) is 1. The molecule has 2 aliphatic rings. The Kier molecular flexibility index (Phi) is 5.56. The van der Waals surface area contributed by atoms with Gasteiger partial charge in [0.1, 0.15) is 0 Å². The van der Waals surface area contributed by atoms with Crippen molar-refractivity contribution in [3.63, 3.8) is 0 Å². The Bertz CT molecular complexity index is 1140. The summed E-state index contributed by atoms with van der Waals surface area (Å²) < 4.78 is 28.5. The first kappa shape index (κ1) is 20.2. The second-order valence-corrected chi connectivity index (χ2v) is 9.71. The van der Waals surface area contributed by atoms with Crippen molar-refractivity contribution in [1.82, 2.24) is 4.90 Å². The molecule has 1 fully saturated rings. The SMILES string of the molecule is Cl.O=S(=O)(Nc1ccc2c(c1)CCN(CC1CC1)C2)c1ccc2ccccc2c1. The zero-order valence-electron chi connectivity index (χ0n) is 16.2. The van der Waals surface area contributed by atoms with Gasteiger partial charge in [0.25, 0.3) is 10.0 Å². The molecule has 0 bridgehead atoms. The van der Waals surface area contributed by atoms with Crippen molar-refractivity contribution in [2.45, 2.75) is 30.7 Å². The Morgan fingerprint density at radius 2 is 1.72 bits per heavy atom. The Morgan fingerprint density at radius 1 is 0.931 bits per heavy atom. The minimum Gasteiger partial charge on any atom is -0.298 e. The van der Waals surface area contributed by atoms with Crippen LogP contribution in [0.5, 0.6) is 0 Å². The van der Waals surface area contributed by atoms with Crippen LogP contribution in [0.3, 0.4) is 0 Å². The van der Waals surface area contributed by atoms with E-state index in [1.165, 1.54) is 30.5 Å². The molecule has 152 valence electrons. The van der Waals surface area contributed by atoms with Crippen LogP contribution in [0.25, 0.3) is 10.8 Å². The molecule has 1 heterocycles. The quantitative estimate of drug-likeness (QED) is 0.633. The fourth-order valence-corrected chi connectivity index (χ4v) is 5.13. The molecule has 1 aliphatic heterocycles. The van der Waals surface area contributed by atoms with Crippen LogP contribution in [0.1, 0.15) is 24.0 Å². The molecule has 0 radical (unpaired) electrons. The van der Waals surface area contributed by atoms with Gasteiger partial charge in [-0.2, -0.15) is 0 Å². The molecule has 0 saturated heterocycles. The topological polar surface area (TPSA) is 49.4 Å². The molecule has 29 heavy (non-hydrogen) atoms. The maximum absolute atomic E-state index is 12.9. The molecule has 0 atom stereocenters. The molecule has 1 saturated carbocycles. The van der Waals surface area contributed by atoms with Crippen LogP contribution in [0.15, 0.2) is 65.6 Å². The number of hydrogen-bond acceptors (Lipinski definition) is 3. The molecule has 1 N–H and O–H groups in total. The average molecular weight is 429 g/mol. The van der Waals surface area contributed by atoms with E-state index in [4.69, 9.17) is 0 Å². The van der Waals surface area contributed by atoms with Gasteiger partial charge >= 0.3 is 0 Å². The second-order valence-electron chi connectivity index (χ2n) is 8.03. The molecule has 0 aromatic heterocycles. The van der Waals surface area contributed by atoms with E-state index in [1.807, 2.05) is 42.5 Å². The molecule has 3 aromatic rings. The fraction of sp³-hybridized carbons (Fsp3) is 0.304. The lowest BCUT2D eigenvalue weighted by Crippen LogP contribution is -2.32. The van der Waals surface area contributed by atoms with E-state index in [0.29, 0.717) is 10.6 Å². The summed E-state index contributed by atoms with van der Waals surface area (Å²) >= 11 is 0. The van der Waals surface area contributed by atoms with E-state index >= 15 is 0 Å². The summed E-state index contributed by atoms with van der Waals surface area (Å²) in [5.74, 6) is 0.898. The molecule has 6 heteroatoms. The lowest BCUT2D eigenvalue weighted by atomic mass is 9.99. The van der Waals surface area contributed by atoms with E-state index in [0.717, 1.165) is 36.2 Å². The average Bonchev–Trinajstić information content (AvgIpc) is 3.51. The van der Waals surface area contributed by atoms with Crippen molar-refractivity contribution in [3.8, 4) is 0 Å². The third-order valence-electron chi connectivity index (χ3n) is 5.79. The van der Waals surface area contributed by atoms with Gasteiger partial charge in [0.15, 0.2) is 0 Å². The van der Waals surface area contributed by atoms with Crippen molar-refractivity contribution in [2.75, 3.05) is 17.8 Å². The van der Waals surface area contributed by atoms with E-state index in [9.17, 15) is 8.42 Å². The highest BCUT2D eigenvalue weighted by atomic mass is 35.5. The summed E-state index contributed by atoms with van der Waals surface area (Å²) in [6, 6.07) is 19.0. The van der Waals surface area contributed by atoms with Gasteiger partial charge in [-0.3, -0.25) is 9.62 Å². The monoisotopic (exact) mass is 428 g/mol. The van der Waals surface area contributed by atoms with Crippen LogP contribution in [-0.4, -0.2) is 26.4 Å². The minimum absolute atomic E-state index is 0. The summed E-state index contributed by atoms with van der Waals surface area (Å²) in [6.07, 6.45) is 3.73. The smallest absolute Gasteiger partial charge is 0.261 e. The van der Waals surface area contributed by atoms with Gasteiger partial charge < -0.3 is 0 Å². The van der Waals surface area contributed by atoms with E-state index in [2.05, 4.69) is 15.7 Å². The number of halogens is 1. The maximum atomic E-state index is 12.9. The number of fused-ring (bicyclic) bond motifs is 2. The first-order valence-corrected chi connectivity index (χ1v) is 11.4. The third-order valence-corrected chi connectivity index (χ3v) is 7.17. The standard InChI is InChI=1S/C23H24N2O2S.ClH/c26-28(27,23-10-8-18-3-1-2-4-19(18)14-23)24-22-9-7-21-16-25(15-17-5-6-17)12-11-20(21)13-22;/h1-4,7-10,13-14,17,24H,5-6,11-12,15-16H2;1H. The minimum atomic E-state index is -3.61. The maximum Gasteiger partial charge on any atom is 0.261 e. The molecule has 5 rings (SSSR count). The fourth-order valence-electron chi connectivity index (χ4n) is 4.04. The number of rotatable bonds is 5. The van der Waals surface area contributed by atoms with E-state index in [1.54, 1.807) is 12.1 Å². The molecule has 0 spiro atoms. The van der Waals surface area contributed by atoms with Crippen molar-refractivity contribution < 1.29 is 8.42 Å². The second kappa shape index (κ2) is 7.98. The Morgan fingerprint density at radius 3 is 2.52 bits per heavy atom. The summed E-state index contributed by atoms with van der Waals surface area (Å²) in [7, 11) is -3.61. The van der Waals surface area contributed by atoms with Gasteiger partial charge in [-0.1, -0.05) is 36.4 Å². The number of nitrogens with one attached hydrogen (secondary N) is 1. The first-order valence-electron chi connectivity index (χ1n) is 9.93. The van der Waals surface area contributed by atoms with Gasteiger partial charge in [-0.15, -0.1) is 12.4 Å². The van der Waals surface area contributed by atoms with Gasteiger partial charge in [-0.05, 0) is 71.3 Å². The number of sulfonamides is 1.